The lowest BCUT2D eigenvalue weighted by Crippen LogP contribution is -2.24. The lowest BCUT2D eigenvalue weighted by Gasteiger charge is -2.05. The lowest BCUT2D eigenvalue weighted by atomic mass is 10.6. The number of rotatable bonds is 4. The molecule has 0 saturated heterocycles. The van der Waals surface area contributed by atoms with Gasteiger partial charge in [-0.15, -0.1) is 12.4 Å². The van der Waals surface area contributed by atoms with Gasteiger partial charge in [-0.2, -0.15) is 0 Å². The van der Waals surface area contributed by atoms with Gasteiger partial charge in [-0.05, 0) is 20.9 Å². The van der Waals surface area contributed by atoms with Crippen LogP contribution in [0.4, 0.5) is 0 Å². The van der Waals surface area contributed by atoms with Crippen molar-refractivity contribution in [3.8, 4) is 0 Å². The molecule has 0 atom stereocenters. The molecule has 0 radical (unpaired) electrons. The van der Waals surface area contributed by atoms with Gasteiger partial charge in [-0.1, -0.05) is 0 Å². The summed E-state index contributed by atoms with van der Waals surface area (Å²) in [6.45, 7) is 3.94. The van der Waals surface area contributed by atoms with Crippen LogP contribution in [0.3, 0.4) is 0 Å². The molecule has 11 heavy (non-hydrogen) atoms. The number of sulfone groups is 1. The van der Waals surface area contributed by atoms with Crippen molar-refractivity contribution in [2.45, 2.75) is 19.1 Å². The van der Waals surface area contributed by atoms with Crippen LogP contribution in [0.1, 0.15) is 13.8 Å². The fourth-order valence-electron chi connectivity index (χ4n) is 0.480. The largest absolute Gasteiger partial charge is 0.319 e. The van der Waals surface area contributed by atoms with E-state index in [4.69, 9.17) is 0 Å². The number of hydrogen-bond donors (Lipinski definition) is 1. The standard InChI is InChI=1S/C6H15NO2S.ClH/c1-6(2)10(8,9)5-4-7-3;/h6-7H,4-5H2,1-3H3;1H. The van der Waals surface area contributed by atoms with Gasteiger partial charge in [0, 0.05) is 6.54 Å². The molecule has 0 saturated carbocycles. The molecule has 0 rings (SSSR count). The lowest BCUT2D eigenvalue weighted by molar-refractivity contribution is 0.585. The summed E-state index contributed by atoms with van der Waals surface area (Å²) in [5.74, 6) is 0.237. The van der Waals surface area contributed by atoms with Crippen molar-refractivity contribution in [2.75, 3.05) is 19.3 Å². The maximum Gasteiger partial charge on any atom is 0.153 e. The third-order valence-electron chi connectivity index (χ3n) is 1.35. The molecule has 0 aromatic rings. The molecule has 1 N–H and O–H groups in total. The fraction of sp³-hybridized carbons (Fsp3) is 1.00. The summed E-state index contributed by atoms with van der Waals surface area (Å²) < 4.78 is 22.1. The van der Waals surface area contributed by atoms with Gasteiger partial charge in [0.25, 0.3) is 0 Å². The molecule has 70 valence electrons. The van der Waals surface area contributed by atoms with Crippen LogP contribution in [0.2, 0.25) is 0 Å². The third kappa shape index (κ3) is 5.47. The van der Waals surface area contributed by atoms with E-state index in [1.54, 1.807) is 20.9 Å². The molecule has 0 spiro atoms. The zero-order valence-electron chi connectivity index (χ0n) is 7.12. The van der Waals surface area contributed by atoms with Crippen molar-refractivity contribution in [1.82, 2.24) is 5.32 Å². The summed E-state index contributed by atoms with van der Waals surface area (Å²) >= 11 is 0. The van der Waals surface area contributed by atoms with E-state index in [2.05, 4.69) is 5.32 Å². The summed E-state index contributed by atoms with van der Waals surface area (Å²) in [7, 11) is -1.08. The highest BCUT2D eigenvalue weighted by atomic mass is 35.5. The second-order valence-corrected chi connectivity index (χ2v) is 5.20. The Morgan fingerprint density at radius 3 is 2.09 bits per heavy atom. The van der Waals surface area contributed by atoms with Crippen LogP contribution in [-0.4, -0.2) is 33.0 Å². The highest BCUT2D eigenvalue weighted by Gasteiger charge is 2.14. The Bertz CT molecular complexity index is 177. The van der Waals surface area contributed by atoms with Crippen molar-refractivity contribution < 1.29 is 8.42 Å². The number of hydrogen-bond acceptors (Lipinski definition) is 3. The maximum atomic E-state index is 11.0. The Morgan fingerprint density at radius 2 is 1.82 bits per heavy atom. The van der Waals surface area contributed by atoms with E-state index >= 15 is 0 Å². The minimum absolute atomic E-state index is 0. The first-order chi connectivity index (χ1) is 4.50. The summed E-state index contributed by atoms with van der Waals surface area (Å²) in [5, 5.41) is 2.55. The van der Waals surface area contributed by atoms with E-state index in [0.29, 0.717) is 6.54 Å². The van der Waals surface area contributed by atoms with Crippen LogP contribution in [-0.2, 0) is 9.84 Å². The molecule has 0 unspecified atom stereocenters. The van der Waals surface area contributed by atoms with E-state index in [-0.39, 0.29) is 23.4 Å². The molecular weight excluding hydrogens is 186 g/mol. The van der Waals surface area contributed by atoms with Crippen molar-refractivity contribution in [1.29, 1.82) is 0 Å². The van der Waals surface area contributed by atoms with Gasteiger partial charge >= 0.3 is 0 Å². The highest BCUT2D eigenvalue weighted by Crippen LogP contribution is 1.98. The van der Waals surface area contributed by atoms with Gasteiger partial charge in [-0.25, -0.2) is 8.42 Å². The Hall–Kier alpha value is 0.200. The molecular formula is C6H16ClNO2S. The van der Waals surface area contributed by atoms with Gasteiger partial charge in [0.15, 0.2) is 9.84 Å². The first kappa shape index (κ1) is 13.8. The number of nitrogens with one attached hydrogen (secondary N) is 1. The Labute approximate surface area is 74.9 Å². The molecule has 0 fully saturated rings. The molecule has 5 heteroatoms. The first-order valence-corrected chi connectivity index (χ1v) is 5.08. The molecule has 0 heterocycles. The topological polar surface area (TPSA) is 46.2 Å². The van der Waals surface area contributed by atoms with Crippen molar-refractivity contribution in [2.24, 2.45) is 0 Å². The normalized spacial score (nSPS) is 11.3. The summed E-state index contributed by atoms with van der Waals surface area (Å²) in [4.78, 5) is 0. The van der Waals surface area contributed by atoms with Crippen molar-refractivity contribution in [3.05, 3.63) is 0 Å². The maximum absolute atomic E-state index is 11.0. The van der Waals surface area contributed by atoms with Crippen LogP contribution in [0.5, 0.6) is 0 Å². The second kappa shape index (κ2) is 5.80. The molecule has 0 aliphatic carbocycles. The summed E-state index contributed by atoms with van der Waals surface area (Å²) in [5.41, 5.74) is 0. The van der Waals surface area contributed by atoms with E-state index in [1.165, 1.54) is 0 Å². The van der Waals surface area contributed by atoms with Crippen LogP contribution in [0.25, 0.3) is 0 Å². The molecule has 0 bridgehead atoms. The monoisotopic (exact) mass is 201 g/mol. The van der Waals surface area contributed by atoms with Gasteiger partial charge in [-0.3, -0.25) is 0 Å². The zero-order chi connectivity index (χ0) is 8.20. The average molecular weight is 202 g/mol. The van der Waals surface area contributed by atoms with Crippen LogP contribution >= 0.6 is 12.4 Å². The zero-order valence-corrected chi connectivity index (χ0v) is 8.76. The van der Waals surface area contributed by atoms with Crippen LogP contribution in [0.15, 0.2) is 0 Å². The number of halogens is 1. The summed E-state index contributed by atoms with van der Waals surface area (Å²) in [6, 6.07) is 0. The molecule has 0 aromatic heterocycles. The SMILES string of the molecule is CNCCS(=O)(=O)C(C)C.Cl. The summed E-state index contributed by atoms with van der Waals surface area (Å²) in [6.07, 6.45) is 0. The van der Waals surface area contributed by atoms with Crippen LogP contribution < -0.4 is 5.32 Å². The van der Waals surface area contributed by atoms with E-state index < -0.39 is 9.84 Å². The van der Waals surface area contributed by atoms with E-state index in [0.717, 1.165) is 0 Å². The second-order valence-electron chi connectivity index (χ2n) is 2.52. The van der Waals surface area contributed by atoms with Gasteiger partial charge in [0.1, 0.15) is 0 Å². The predicted molar refractivity (Wildman–Crippen MR) is 50.1 cm³/mol. The van der Waals surface area contributed by atoms with Gasteiger partial charge < -0.3 is 5.32 Å². The smallest absolute Gasteiger partial charge is 0.153 e. The predicted octanol–water partition coefficient (Wildman–Crippen LogP) is 0.451. The Kier molecular flexibility index (Phi) is 7.26. The van der Waals surface area contributed by atoms with Gasteiger partial charge in [0.2, 0.25) is 0 Å². The molecule has 0 aliphatic heterocycles. The Balaban J connectivity index is 0. The minimum Gasteiger partial charge on any atom is -0.319 e. The van der Waals surface area contributed by atoms with E-state index in [9.17, 15) is 8.42 Å². The third-order valence-corrected chi connectivity index (χ3v) is 3.56. The van der Waals surface area contributed by atoms with Gasteiger partial charge in [0.05, 0.1) is 11.0 Å². The fourth-order valence-corrected chi connectivity index (χ4v) is 1.44. The molecule has 0 aromatic carbocycles. The molecule has 3 nitrogen and oxygen atoms in total. The van der Waals surface area contributed by atoms with Crippen molar-refractivity contribution >= 4 is 22.2 Å². The van der Waals surface area contributed by atoms with E-state index in [1.807, 2.05) is 0 Å². The first-order valence-electron chi connectivity index (χ1n) is 3.37. The molecule has 0 amide bonds. The van der Waals surface area contributed by atoms with Crippen LogP contribution in [0, 0.1) is 0 Å². The average Bonchev–Trinajstić information content (AvgIpc) is 1.84. The molecule has 0 aliphatic rings. The quantitative estimate of drug-likeness (QED) is 0.719. The minimum atomic E-state index is -2.82. The highest BCUT2D eigenvalue weighted by molar-refractivity contribution is 7.92. The Morgan fingerprint density at radius 1 is 1.36 bits per heavy atom. The van der Waals surface area contributed by atoms with Crippen molar-refractivity contribution in [3.63, 3.8) is 0 Å².